The summed E-state index contributed by atoms with van der Waals surface area (Å²) in [6.45, 7) is 2.41. The fraction of sp³-hybridized carbons (Fsp3) is 0.250. The lowest BCUT2D eigenvalue weighted by molar-refractivity contribution is 0.949. The summed E-state index contributed by atoms with van der Waals surface area (Å²) in [6, 6.07) is 17.4. The van der Waals surface area contributed by atoms with Crippen LogP contribution in [0.15, 0.2) is 53.0 Å². The van der Waals surface area contributed by atoms with Crippen molar-refractivity contribution in [3.63, 3.8) is 0 Å². The van der Waals surface area contributed by atoms with E-state index in [-0.39, 0.29) is 0 Å². The summed E-state index contributed by atoms with van der Waals surface area (Å²) >= 11 is 3.47. The molecule has 0 aliphatic carbocycles. The Kier molecular flexibility index (Phi) is 3.37. The molecule has 1 fully saturated rings. The van der Waals surface area contributed by atoms with E-state index in [2.05, 4.69) is 69.4 Å². The van der Waals surface area contributed by atoms with Gasteiger partial charge in [0.1, 0.15) is 0 Å². The van der Waals surface area contributed by atoms with Gasteiger partial charge in [0.05, 0.1) is 0 Å². The smallest absolute Gasteiger partial charge is 0.0366 e. The largest absolute Gasteiger partial charge is 0.372 e. The molecule has 0 radical (unpaired) electrons. The maximum Gasteiger partial charge on any atom is 0.0366 e. The van der Waals surface area contributed by atoms with Crippen LogP contribution in [0.3, 0.4) is 0 Å². The topological polar surface area (TPSA) is 3.24 Å². The van der Waals surface area contributed by atoms with E-state index in [1.807, 2.05) is 0 Å². The Morgan fingerprint density at radius 1 is 0.722 bits per heavy atom. The first-order valence-corrected chi connectivity index (χ1v) is 7.23. The summed E-state index contributed by atoms with van der Waals surface area (Å²) in [5.74, 6) is 0. The van der Waals surface area contributed by atoms with E-state index in [9.17, 15) is 0 Å². The lowest BCUT2D eigenvalue weighted by Gasteiger charge is -2.17. The molecule has 1 heterocycles. The second-order valence-corrected chi connectivity index (χ2v) is 5.66. The standard InChI is InChI=1S/C16H16BrN/c17-15-7-3-13(4-8-15)14-5-9-16(10-6-14)18-11-1-2-12-18/h3-10H,1-2,11-12H2. The number of hydrogen-bond donors (Lipinski definition) is 0. The van der Waals surface area contributed by atoms with Crippen molar-refractivity contribution >= 4 is 21.6 Å². The first-order valence-electron chi connectivity index (χ1n) is 6.44. The lowest BCUT2D eigenvalue weighted by Crippen LogP contribution is -2.17. The number of halogens is 1. The predicted octanol–water partition coefficient (Wildman–Crippen LogP) is 4.72. The molecule has 0 unspecified atom stereocenters. The van der Waals surface area contributed by atoms with Crippen LogP contribution in [0.5, 0.6) is 0 Å². The van der Waals surface area contributed by atoms with Crippen LogP contribution >= 0.6 is 15.9 Å². The zero-order valence-electron chi connectivity index (χ0n) is 10.3. The Bertz CT molecular complexity index is 510. The third-order valence-corrected chi connectivity index (χ3v) is 4.04. The highest BCUT2D eigenvalue weighted by Crippen LogP contribution is 2.26. The normalized spacial score (nSPS) is 15.1. The Morgan fingerprint density at radius 2 is 1.22 bits per heavy atom. The molecule has 0 N–H and O–H groups in total. The molecule has 0 aromatic heterocycles. The molecule has 18 heavy (non-hydrogen) atoms. The number of nitrogens with zero attached hydrogens (tertiary/aromatic N) is 1. The van der Waals surface area contributed by atoms with Crippen molar-refractivity contribution < 1.29 is 0 Å². The van der Waals surface area contributed by atoms with Crippen molar-refractivity contribution in [1.29, 1.82) is 0 Å². The average Bonchev–Trinajstić information content (AvgIpc) is 2.94. The molecule has 3 rings (SSSR count). The van der Waals surface area contributed by atoms with Gasteiger partial charge in [-0.25, -0.2) is 0 Å². The van der Waals surface area contributed by atoms with Gasteiger partial charge in [-0.15, -0.1) is 0 Å². The zero-order valence-corrected chi connectivity index (χ0v) is 11.9. The summed E-state index contributed by atoms with van der Waals surface area (Å²) in [5.41, 5.74) is 3.91. The SMILES string of the molecule is Brc1ccc(-c2ccc(N3CCCC3)cc2)cc1. The molecule has 1 nitrogen and oxygen atoms in total. The van der Waals surface area contributed by atoms with Gasteiger partial charge in [-0.3, -0.25) is 0 Å². The molecular formula is C16H16BrN. The minimum atomic E-state index is 1.12. The third-order valence-electron chi connectivity index (χ3n) is 3.52. The maximum atomic E-state index is 3.47. The van der Waals surface area contributed by atoms with Crippen LogP contribution in [0.4, 0.5) is 5.69 Å². The van der Waals surface area contributed by atoms with Crippen molar-refractivity contribution in [3.05, 3.63) is 53.0 Å². The zero-order chi connectivity index (χ0) is 12.4. The van der Waals surface area contributed by atoms with E-state index in [0.717, 1.165) is 4.47 Å². The molecule has 2 aromatic carbocycles. The molecule has 0 amide bonds. The van der Waals surface area contributed by atoms with Crippen molar-refractivity contribution in [2.45, 2.75) is 12.8 Å². The number of rotatable bonds is 2. The van der Waals surface area contributed by atoms with E-state index < -0.39 is 0 Å². The van der Waals surface area contributed by atoms with E-state index in [0.29, 0.717) is 0 Å². The van der Waals surface area contributed by atoms with Crippen LogP contribution in [0.25, 0.3) is 11.1 Å². The van der Waals surface area contributed by atoms with Gasteiger partial charge >= 0.3 is 0 Å². The molecule has 0 bridgehead atoms. The third kappa shape index (κ3) is 2.44. The quantitative estimate of drug-likeness (QED) is 0.776. The van der Waals surface area contributed by atoms with E-state index in [4.69, 9.17) is 0 Å². The number of benzene rings is 2. The Labute approximate surface area is 117 Å². The molecule has 0 atom stereocenters. The van der Waals surface area contributed by atoms with Crippen LogP contribution in [0.2, 0.25) is 0 Å². The first-order chi connectivity index (χ1) is 8.83. The highest BCUT2D eigenvalue weighted by Gasteiger charge is 2.11. The summed E-state index contributed by atoms with van der Waals surface area (Å²) in [5, 5.41) is 0. The van der Waals surface area contributed by atoms with Crippen molar-refractivity contribution in [1.82, 2.24) is 0 Å². The second-order valence-electron chi connectivity index (χ2n) is 4.75. The molecule has 92 valence electrons. The monoisotopic (exact) mass is 301 g/mol. The summed E-state index contributed by atoms with van der Waals surface area (Å²) in [4.78, 5) is 2.46. The molecule has 1 aliphatic heterocycles. The second kappa shape index (κ2) is 5.15. The van der Waals surface area contributed by atoms with E-state index in [1.54, 1.807) is 0 Å². The fourth-order valence-electron chi connectivity index (χ4n) is 2.48. The highest BCUT2D eigenvalue weighted by molar-refractivity contribution is 9.10. The number of hydrogen-bond acceptors (Lipinski definition) is 1. The summed E-state index contributed by atoms with van der Waals surface area (Å²) in [7, 11) is 0. The van der Waals surface area contributed by atoms with Gasteiger partial charge in [0.25, 0.3) is 0 Å². The lowest BCUT2D eigenvalue weighted by atomic mass is 10.1. The van der Waals surface area contributed by atoms with Gasteiger partial charge in [0.2, 0.25) is 0 Å². The van der Waals surface area contributed by atoms with Gasteiger partial charge in [-0.2, -0.15) is 0 Å². The minimum Gasteiger partial charge on any atom is -0.372 e. The maximum absolute atomic E-state index is 3.47. The van der Waals surface area contributed by atoms with Gasteiger partial charge in [0.15, 0.2) is 0 Å². The highest BCUT2D eigenvalue weighted by atomic mass is 79.9. The van der Waals surface area contributed by atoms with Crippen molar-refractivity contribution in [3.8, 4) is 11.1 Å². The molecule has 0 saturated carbocycles. The predicted molar refractivity (Wildman–Crippen MR) is 81.0 cm³/mol. The summed E-state index contributed by atoms with van der Waals surface area (Å²) in [6.07, 6.45) is 2.66. The van der Waals surface area contributed by atoms with Gasteiger partial charge in [-0.05, 0) is 48.2 Å². The molecule has 2 aromatic rings. The minimum absolute atomic E-state index is 1.12. The van der Waals surface area contributed by atoms with Crippen LogP contribution in [0, 0.1) is 0 Å². The molecule has 0 spiro atoms. The van der Waals surface area contributed by atoms with Crippen LogP contribution in [-0.4, -0.2) is 13.1 Å². The first kappa shape index (κ1) is 11.8. The van der Waals surface area contributed by atoms with E-state index in [1.165, 1.54) is 42.7 Å². The fourth-order valence-corrected chi connectivity index (χ4v) is 2.75. The van der Waals surface area contributed by atoms with Gasteiger partial charge in [-0.1, -0.05) is 40.2 Å². The van der Waals surface area contributed by atoms with E-state index >= 15 is 0 Å². The average molecular weight is 302 g/mol. The van der Waals surface area contributed by atoms with Crippen LogP contribution < -0.4 is 4.90 Å². The van der Waals surface area contributed by atoms with Gasteiger partial charge < -0.3 is 4.90 Å². The molecular weight excluding hydrogens is 286 g/mol. The Morgan fingerprint density at radius 3 is 1.78 bits per heavy atom. The van der Waals surface area contributed by atoms with Gasteiger partial charge in [0, 0.05) is 23.2 Å². The Hall–Kier alpha value is -1.28. The van der Waals surface area contributed by atoms with Crippen LogP contribution in [0.1, 0.15) is 12.8 Å². The van der Waals surface area contributed by atoms with Crippen LogP contribution in [-0.2, 0) is 0 Å². The molecule has 1 aliphatic rings. The summed E-state index contributed by atoms with van der Waals surface area (Å²) < 4.78 is 1.12. The number of anilines is 1. The van der Waals surface area contributed by atoms with Crippen molar-refractivity contribution in [2.75, 3.05) is 18.0 Å². The van der Waals surface area contributed by atoms with Crippen molar-refractivity contribution in [2.24, 2.45) is 0 Å². The molecule has 1 saturated heterocycles. The Balaban J connectivity index is 1.84. The molecule has 2 heteroatoms.